The smallest absolute Gasteiger partial charge is 0.282 e. The molecular formula is C20H15F2N3O2. The molecule has 0 saturated heterocycles. The van der Waals surface area contributed by atoms with Crippen molar-refractivity contribution < 1.29 is 18.8 Å². The number of benzene rings is 2. The van der Waals surface area contributed by atoms with Crippen LogP contribution in [0, 0.1) is 5.82 Å². The van der Waals surface area contributed by atoms with Gasteiger partial charge in [-0.3, -0.25) is 10.0 Å². The van der Waals surface area contributed by atoms with Crippen LogP contribution in [0.5, 0.6) is 0 Å². The van der Waals surface area contributed by atoms with Crippen LogP contribution in [-0.4, -0.2) is 26.8 Å². The first-order chi connectivity index (χ1) is 13.1. The number of amides is 1. The molecule has 4 rings (SSSR count). The molecule has 7 heteroatoms. The lowest BCUT2D eigenvalue weighted by atomic mass is 10.0. The van der Waals surface area contributed by atoms with E-state index in [0.29, 0.717) is 22.5 Å². The summed E-state index contributed by atoms with van der Waals surface area (Å²) in [5.41, 5.74) is 0.989. The number of halogens is 2. The molecule has 1 heterocycles. The van der Waals surface area contributed by atoms with Gasteiger partial charge in [0, 0.05) is 17.4 Å². The molecule has 0 unspecified atom stereocenters. The molecule has 1 aromatic heterocycles. The molecule has 1 fully saturated rings. The Morgan fingerprint density at radius 1 is 1.00 bits per heavy atom. The predicted octanol–water partition coefficient (Wildman–Crippen LogP) is 3.38. The van der Waals surface area contributed by atoms with Crippen molar-refractivity contribution in [3.63, 3.8) is 0 Å². The summed E-state index contributed by atoms with van der Waals surface area (Å²) < 4.78 is 28.6. The number of hydrogen-bond acceptors (Lipinski definition) is 4. The fraction of sp³-hybridized carbons (Fsp3) is 0.150. The van der Waals surface area contributed by atoms with Crippen LogP contribution in [0.25, 0.3) is 11.4 Å². The van der Waals surface area contributed by atoms with Crippen LogP contribution < -0.4 is 5.48 Å². The molecule has 3 aromatic rings. The molecule has 0 bridgehead atoms. The molecule has 27 heavy (non-hydrogen) atoms. The average Bonchev–Trinajstić information content (AvgIpc) is 3.35. The summed E-state index contributed by atoms with van der Waals surface area (Å²) >= 11 is 0. The second-order valence-electron chi connectivity index (χ2n) is 6.43. The minimum Gasteiger partial charge on any atom is -0.289 e. The second kappa shape index (κ2) is 6.51. The molecular weight excluding hydrogens is 352 g/mol. The summed E-state index contributed by atoms with van der Waals surface area (Å²) in [6.07, 6.45) is 2.11. The van der Waals surface area contributed by atoms with Crippen LogP contribution in [0.2, 0.25) is 0 Å². The van der Waals surface area contributed by atoms with Crippen molar-refractivity contribution in [2.75, 3.05) is 0 Å². The monoisotopic (exact) mass is 367 g/mol. The van der Waals surface area contributed by atoms with Crippen LogP contribution in [0.15, 0.2) is 67.0 Å². The zero-order valence-corrected chi connectivity index (χ0v) is 14.0. The van der Waals surface area contributed by atoms with Crippen LogP contribution >= 0.6 is 0 Å². The van der Waals surface area contributed by atoms with Gasteiger partial charge in [0.25, 0.3) is 5.91 Å². The van der Waals surface area contributed by atoms with Gasteiger partial charge in [-0.25, -0.2) is 24.2 Å². The normalized spacial score (nSPS) is 23.7. The maximum absolute atomic E-state index is 15.5. The highest BCUT2D eigenvalue weighted by atomic mass is 19.1. The molecule has 2 N–H and O–H groups in total. The topological polar surface area (TPSA) is 75.1 Å². The molecule has 1 aliphatic carbocycles. The molecule has 1 aliphatic rings. The number of nitrogens with zero attached hydrogens (tertiary/aromatic N) is 2. The van der Waals surface area contributed by atoms with Gasteiger partial charge in [0.2, 0.25) is 5.67 Å². The van der Waals surface area contributed by atoms with Crippen molar-refractivity contribution in [1.29, 1.82) is 0 Å². The summed E-state index contributed by atoms with van der Waals surface area (Å²) in [5.74, 6) is -2.83. The number of rotatable bonds is 4. The van der Waals surface area contributed by atoms with E-state index in [0.717, 1.165) is 12.4 Å². The third-order valence-corrected chi connectivity index (χ3v) is 4.86. The zero-order chi connectivity index (χ0) is 19.0. The Bertz CT molecular complexity index is 982. The van der Waals surface area contributed by atoms with Gasteiger partial charge in [-0.1, -0.05) is 48.5 Å². The first kappa shape index (κ1) is 17.2. The number of hydroxylamine groups is 1. The lowest BCUT2D eigenvalue weighted by Gasteiger charge is -2.07. The molecule has 0 radical (unpaired) electrons. The van der Waals surface area contributed by atoms with E-state index in [1.807, 2.05) is 0 Å². The van der Waals surface area contributed by atoms with Crippen molar-refractivity contribution >= 4 is 5.91 Å². The number of alkyl halides is 1. The first-order valence-corrected chi connectivity index (χ1v) is 8.32. The van der Waals surface area contributed by atoms with Gasteiger partial charge in [-0.2, -0.15) is 0 Å². The number of nitrogens with one attached hydrogen (secondary N) is 1. The molecule has 136 valence electrons. The predicted molar refractivity (Wildman–Crippen MR) is 93.1 cm³/mol. The van der Waals surface area contributed by atoms with Gasteiger partial charge in [-0.15, -0.1) is 0 Å². The van der Waals surface area contributed by atoms with Crippen LogP contribution in [0.4, 0.5) is 8.78 Å². The number of aromatic nitrogens is 2. The highest BCUT2D eigenvalue weighted by Gasteiger charge is 2.72. The summed E-state index contributed by atoms with van der Waals surface area (Å²) in [5, 5.41) is 9.00. The van der Waals surface area contributed by atoms with E-state index in [2.05, 4.69) is 9.97 Å². The maximum atomic E-state index is 15.5. The number of carbonyl (C=O) groups excluding carboxylic acids is 1. The molecule has 1 amide bonds. The van der Waals surface area contributed by atoms with Crippen molar-refractivity contribution in [2.45, 2.75) is 17.5 Å². The van der Waals surface area contributed by atoms with Crippen molar-refractivity contribution in [2.24, 2.45) is 0 Å². The van der Waals surface area contributed by atoms with Crippen molar-refractivity contribution in [3.8, 4) is 11.4 Å². The van der Waals surface area contributed by atoms with Crippen molar-refractivity contribution in [3.05, 3.63) is 83.9 Å². The van der Waals surface area contributed by atoms with E-state index in [1.165, 1.54) is 5.48 Å². The van der Waals surface area contributed by atoms with Gasteiger partial charge in [-0.05, 0) is 17.2 Å². The Hall–Kier alpha value is -3.19. The van der Waals surface area contributed by atoms with E-state index >= 15 is 4.39 Å². The number of carbonyl (C=O) groups is 1. The average molecular weight is 367 g/mol. The maximum Gasteiger partial charge on any atom is 0.282 e. The van der Waals surface area contributed by atoms with Crippen LogP contribution in [0.3, 0.4) is 0 Å². The molecule has 2 aromatic carbocycles. The fourth-order valence-corrected chi connectivity index (χ4v) is 3.59. The second-order valence-corrected chi connectivity index (χ2v) is 6.43. The molecule has 0 spiro atoms. The Balaban J connectivity index is 1.74. The standard InChI is InChI=1S/C20H15F2N3O2/c21-15-10-23-18(24-11-15)14-8-4-7-13(9-14)17-16(12-5-2-1-3-6-12)20(17,22)19(26)25-27/h1-11,16-17,27H,(H,25,26)/t16-,17-,20+/m1/s1. The highest BCUT2D eigenvalue weighted by molar-refractivity contribution is 5.92. The van der Waals surface area contributed by atoms with Gasteiger partial charge in [0.1, 0.15) is 0 Å². The van der Waals surface area contributed by atoms with E-state index in [-0.39, 0.29) is 0 Å². The van der Waals surface area contributed by atoms with Gasteiger partial charge in [0.05, 0.1) is 12.4 Å². The zero-order valence-electron chi connectivity index (χ0n) is 14.0. The lowest BCUT2D eigenvalue weighted by molar-refractivity contribution is -0.136. The summed E-state index contributed by atoms with van der Waals surface area (Å²) in [7, 11) is 0. The molecule has 1 saturated carbocycles. The van der Waals surface area contributed by atoms with E-state index < -0.39 is 29.2 Å². The van der Waals surface area contributed by atoms with Gasteiger partial charge < -0.3 is 0 Å². The Kier molecular flexibility index (Phi) is 4.16. The Labute approximate surface area is 153 Å². The highest BCUT2D eigenvalue weighted by Crippen LogP contribution is 2.66. The largest absolute Gasteiger partial charge is 0.289 e. The molecule has 5 nitrogen and oxygen atoms in total. The van der Waals surface area contributed by atoms with E-state index in [4.69, 9.17) is 5.21 Å². The third-order valence-electron chi connectivity index (χ3n) is 4.86. The SMILES string of the molecule is O=C(NO)[C@]1(F)[C@H](c2ccccc2)[C@H]1c1cccc(-c2ncc(F)cn2)c1. The van der Waals surface area contributed by atoms with Crippen LogP contribution in [-0.2, 0) is 4.79 Å². The van der Waals surface area contributed by atoms with Crippen molar-refractivity contribution in [1.82, 2.24) is 15.4 Å². The number of hydrogen-bond donors (Lipinski definition) is 2. The third kappa shape index (κ3) is 2.86. The van der Waals surface area contributed by atoms with Crippen LogP contribution in [0.1, 0.15) is 23.0 Å². The molecule has 0 aliphatic heterocycles. The quantitative estimate of drug-likeness (QED) is 0.548. The minimum atomic E-state index is -2.27. The fourth-order valence-electron chi connectivity index (χ4n) is 3.59. The Morgan fingerprint density at radius 2 is 1.63 bits per heavy atom. The molecule has 3 atom stereocenters. The summed E-state index contributed by atoms with van der Waals surface area (Å²) in [6, 6.07) is 15.7. The van der Waals surface area contributed by atoms with Gasteiger partial charge in [0.15, 0.2) is 11.6 Å². The summed E-state index contributed by atoms with van der Waals surface area (Å²) in [4.78, 5) is 19.9. The minimum absolute atomic E-state index is 0.297. The summed E-state index contributed by atoms with van der Waals surface area (Å²) in [6.45, 7) is 0. The first-order valence-electron chi connectivity index (χ1n) is 8.32. The Morgan fingerprint density at radius 3 is 2.30 bits per heavy atom. The lowest BCUT2D eigenvalue weighted by Crippen LogP contribution is -2.33. The van der Waals surface area contributed by atoms with Gasteiger partial charge >= 0.3 is 0 Å². The van der Waals surface area contributed by atoms with E-state index in [1.54, 1.807) is 54.6 Å². The van der Waals surface area contributed by atoms with E-state index in [9.17, 15) is 9.18 Å².